The molecule has 1 aliphatic rings. The van der Waals surface area contributed by atoms with Crippen molar-refractivity contribution in [3.8, 4) is 0 Å². The van der Waals surface area contributed by atoms with Crippen molar-refractivity contribution in [1.29, 1.82) is 0 Å². The van der Waals surface area contributed by atoms with E-state index in [-0.39, 0.29) is 30.3 Å². The predicted molar refractivity (Wildman–Crippen MR) is 113 cm³/mol. The fourth-order valence-corrected chi connectivity index (χ4v) is 3.09. The van der Waals surface area contributed by atoms with E-state index in [9.17, 15) is 9.59 Å². The summed E-state index contributed by atoms with van der Waals surface area (Å²) in [7, 11) is 1.77. The average Bonchev–Trinajstić information content (AvgIpc) is 3.19. The van der Waals surface area contributed by atoms with E-state index < -0.39 is 6.10 Å². The lowest BCUT2D eigenvalue weighted by Gasteiger charge is -2.17. The summed E-state index contributed by atoms with van der Waals surface area (Å²) in [5.74, 6) is -0.149. The van der Waals surface area contributed by atoms with Gasteiger partial charge in [0.05, 0.1) is 12.5 Å². The Balaban J connectivity index is 0.00000280. The molecule has 3 N–H and O–H groups in total. The van der Waals surface area contributed by atoms with Crippen molar-refractivity contribution in [3.05, 3.63) is 60.2 Å². The van der Waals surface area contributed by atoms with Crippen molar-refractivity contribution in [2.24, 2.45) is 5.73 Å². The molecule has 1 heterocycles. The number of anilines is 2. The third-order valence-corrected chi connectivity index (χ3v) is 4.76. The van der Waals surface area contributed by atoms with Gasteiger partial charge in [-0.25, -0.2) is 0 Å². The second-order valence-corrected chi connectivity index (χ2v) is 6.71. The quantitative estimate of drug-likeness (QED) is 0.776. The highest BCUT2D eigenvalue weighted by molar-refractivity contribution is 5.95. The number of benzene rings is 2. The number of hydrogen-bond donors (Lipinski definition) is 2. The number of para-hydroxylation sites is 1. The van der Waals surface area contributed by atoms with E-state index in [1.54, 1.807) is 24.1 Å². The zero-order valence-corrected chi connectivity index (χ0v) is 16.7. The third-order valence-electron chi connectivity index (χ3n) is 4.76. The van der Waals surface area contributed by atoms with Crippen LogP contribution in [0.4, 0.5) is 11.4 Å². The Labute approximate surface area is 171 Å². The van der Waals surface area contributed by atoms with Crippen molar-refractivity contribution in [2.75, 3.05) is 23.8 Å². The first kappa shape index (κ1) is 21.9. The second kappa shape index (κ2) is 10.2. The number of nitrogens with two attached hydrogens (primary N) is 1. The number of nitrogens with zero attached hydrogens (tertiary/aromatic N) is 1. The number of rotatable bonds is 6. The van der Waals surface area contributed by atoms with Gasteiger partial charge in [-0.1, -0.05) is 30.3 Å². The lowest BCUT2D eigenvalue weighted by molar-refractivity contribution is -0.126. The van der Waals surface area contributed by atoms with Crippen LogP contribution in [-0.2, 0) is 20.7 Å². The van der Waals surface area contributed by atoms with E-state index in [4.69, 9.17) is 10.5 Å². The molecule has 0 spiro atoms. The number of carbonyl (C=O) groups is 2. The molecule has 0 radical (unpaired) electrons. The molecule has 2 aromatic rings. The molecule has 0 bridgehead atoms. The smallest absolute Gasteiger partial charge is 0.253 e. The van der Waals surface area contributed by atoms with Crippen LogP contribution in [0.15, 0.2) is 54.6 Å². The van der Waals surface area contributed by atoms with Crippen LogP contribution in [0.2, 0.25) is 0 Å². The van der Waals surface area contributed by atoms with Gasteiger partial charge in [-0.05, 0) is 42.7 Å². The lowest BCUT2D eigenvalue weighted by atomic mass is 10.1. The zero-order valence-electron chi connectivity index (χ0n) is 15.8. The van der Waals surface area contributed by atoms with Crippen molar-refractivity contribution in [3.63, 3.8) is 0 Å². The minimum Gasteiger partial charge on any atom is -0.364 e. The number of likely N-dealkylation sites (N-methyl/N-ethyl adjacent to an activating group) is 1. The van der Waals surface area contributed by atoms with Crippen LogP contribution in [0.3, 0.4) is 0 Å². The van der Waals surface area contributed by atoms with Gasteiger partial charge in [-0.2, -0.15) is 0 Å². The van der Waals surface area contributed by atoms with E-state index in [0.717, 1.165) is 17.7 Å². The second-order valence-electron chi connectivity index (χ2n) is 6.71. The molecule has 1 aliphatic heterocycles. The molecule has 0 aliphatic carbocycles. The first-order chi connectivity index (χ1) is 13.1. The van der Waals surface area contributed by atoms with Gasteiger partial charge in [0.1, 0.15) is 6.10 Å². The van der Waals surface area contributed by atoms with Gasteiger partial charge in [0.25, 0.3) is 5.91 Å². The van der Waals surface area contributed by atoms with Crippen molar-refractivity contribution in [2.45, 2.75) is 31.5 Å². The van der Waals surface area contributed by atoms with E-state index in [0.29, 0.717) is 25.1 Å². The Bertz CT molecular complexity index is 783. The maximum absolute atomic E-state index is 12.4. The summed E-state index contributed by atoms with van der Waals surface area (Å²) < 4.78 is 5.60. The molecule has 6 nitrogen and oxygen atoms in total. The largest absolute Gasteiger partial charge is 0.364 e. The fourth-order valence-electron chi connectivity index (χ4n) is 3.09. The summed E-state index contributed by atoms with van der Waals surface area (Å²) >= 11 is 0. The number of nitrogens with one attached hydrogen (secondary N) is 1. The topological polar surface area (TPSA) is 84.7 Å². The van der Waals surface area contributed by atoms with Gasteiger partial charge in [-0.15, -0.1) is 12.4 Å². The number of ether oxygens (including phenoxy) is 1. The van der Waals surface area contributed by atoms with Crippen molar-refractivity contribution in [1.82, 2.24) is 0 Å². The highest BCUT2D eigenvalue weighted by atomic mass is 35.5. The van der Waals surface area contributed by atoms with Gasteiger partial charge in [0.2, 0.25) is 5.91 Å². The van der Waals surface area contributed by atoms with Gasteiger partial charge < -0.3 is 20.7 Å². The molecular formula is C21H26ClN3O3. The summed E-state index contributed by atoms with van der Waals surface area (Å²) in [4.78, 5) is 26.3. The van der Waals surface area contributed by atoms with Crippen LogP contribution < -0.4 is 16.0 Å². The minimum absolute atomic E-state index is 0. The lowest BCUT2D eigenvalue weighted by Crippen LogP contribution is -2.29. The van der Waals surface area contributed by atoms with Gasteiger partial charge in [0.15, 0.2) is 0 Å². The highest BCUT2D eigenvalue weighted by Gasteiger charge is 2.29. The van der Waals surface area contributed by atoms with Crippen molar-refractivity contribution >= 4 is 35.6 Å². The van der Waals surface area contributed by atoms with Crippen LogP contribution >= 0.6 is 12.4 Å². The van der Waals surface area contributed by atoms with Gasteiger partial charge >= 0.3 is 0 Å². The summed E-state index contributed by atoms with van der Waals surface area (Å²) in [6.07, 6.45) is 1.32. The molecule has 1 fully saturated rings. The maximum atomic E-state index is 12.4. The van der Waals surface area contributed by atoms with Gasteiger partial charge in [-0.3, -0.25) is 9.59 Å². The Kier molecular flexibility index (Phi) is 7.99. The van der Waals surface area contributed by atoms with Crippen molar-refractivity contribution < 1.29 is 14.3 Å². The maximum Gasteiger partial charge on any atom is 0.253 e. The molecule has 0 saturated carbocycles. The predicted octanol–water partition coefficient (Wildman–Crippen LogP) is 2.76. The van der Waals surface area contributed by atoms with E-state index in [1.807, 2.05) is 42.5 Å². The molecule has 2 atom stereocenters. The Hall–Kier alpha value is -2.41. The summed E-state index contributed by atoms with van der Waals surface area (Å²) in [6, 6.07) is 16.8. The first-order valence-corrected chi connectivity index (χ1v) is 9.13. The van der Waals surface area contributed by atoms with Gasteiger partial charge in [0, 0.05) is 25.0 Å². The van der Waals surface area contributed by atoms with Crippen LogP contribution in [0.1, 0.15) is 18.4 Å². The van der Waals surface area contributed by atoms with E-state index in [2.05, 4.69) is 5.32 Å². The number of halogens is 1. The van der Waals surface area contributed by atoms with Crippen LogP contribution in [0.25, 0.3) is 0 Å². The first-order valence-electron chi connectivity index (χ1n) is 9.13. The molecule has 28 heavy (non-hydrogen) atoms. The number of carbonyl (C=O) groups excluding carboxylic acids is 2. The number of hydrogen-bond acceptors (Lipinski definition) is 4. The molecule has 150 valence electrons. The zero-order chi connectivity index (χ0) is 19.2. The molecule has 2 aromatic carbocycles. The normalized spacial score (nSPS) is 18.2. The molecular weight excluding hydrogens is 378 g/mol. The molecule has 0 unspecified atom stereocenters. The van der Waals surface area contributed by atoms with E-state index in [1.165, 1.54) is 0 Å². The molecule has 7 heteroatoms. The van der Waals surface area contributed by atoms with E-state index >= 15 is 0 Å². The minimum atomic E-state index is -0.445. The summed E-state index contributed by atoms with van der Waals surface area (Å²) in [5, 5.41) is 2.86. The average molecular weight is 404 g/mol. The molecule has 3 rings (SSSR count). The molecule has 1 saturated heterocycles. The Morgan fingerprint density at radius 1 is 1.11 bits per heavy atom. The van der Waals surface area contributed by atoms with Crippen LogP contribution in [0.5, 0.6) is 0 Å². The number of amides is 2. The van der Waals surface area contributed by atoms with Crippen LogP contribution in [-0.4, -0.2) is 37.6 Å². The third kappa shape index (κ3) is 5.55. The Morgan fingerprint density at radius 3 is 2.39 bits per heavy atom. The molecule has 0 aromatic heterocycles. The summed E-state index contributed by atoms with van der Waals surface area (Å²) in [6.45, 7) is 0.434. The fraction of sp³-hybridized carbons (Fsp3) is 0.333. The Morgan fingerprint density at radius 2 is 1.79 bits per heavy atom. The monoisotopic (exact) mass is 403 g/mol. The standard InChI is InChI=1S/C21H25N3O3.ClH/c1-24(17-5-3-2-4-6-17)20(25)13-15-7-9-16(10-8-15)23-21(26)19-12-11-18(14-22)27-19;/h2-10,18-19H,11-14,22H2,1H3,(H,23,26);1H/t18-,19+;/m1./s1. The van der Waals surface area contributed by atoms with Crippen LogP contribution in [0, 0.1) is 0 Å². The highest BCUT2D eigenvalue weighted by Crippen LogP contribution is 2.21. The molecule has 2 amide bonds. The SMILES string of the molecule is CN(C(=O)Cc1ccc(NC(=O)[C@@H]2CC[C@H](CN)O2)cc1)c1ccccc1.Cl. The summed E-state index contributed by atoms with van der Waals surface area (Å²) in [5.41, 5.74) is 8.01.